The van der Waals surface area contributed by atoms with E-state index in [0.717, 1.165) is 22.3 Å². The lowest BCUT2D eigenvalue weighted by molar-refractivity contribution is 0.420. The van der Waals surface area contributed by atoms with E-state index in [0.29, 0.717) is 0 Å². The molecule has 4 heteroatoms. The highest BCUT2D eigenvalue weighted by atomic mass is 16.5. The minimum absolute atomic E-state index is 0.835. The molecule has 0 aliphatic heterocycles. The van der Waals surface area contributed by atoms with Gasteiger partial charge in [0.05, 0.1) is 7.11 Å². The first-order chi connectivity index (χ1) is 7.72. The van der Waals surface area contributed by atoms with Crippen molar-refractivity contribution in [3.8, 4) is 5.75 Å². The molecule has 1 heterocycles. The van der Waals surface area contributed by atoms with Crippen LogP contribution in [0.15, 0.2) is 30.5 Å². The summed E-state index contributed by atoms with van der Waals surface area (Å²) in [6.45, 7) is 0. The molecule has 1 aromatic heterocycles. The van der Waals surface area contributed by atoms with Gasteiger partial charge in [-0.3, -0.25) is 0 Å². The van der Waals surface area contributed by atoms with E-state index >= 15 is 0 Å². The average molecular weight is 217 g/mol. The first-order valence-corrected chi connectivity index (χ1v) is 5.08. The number of hydrogen-bond acceptors (Lipinski definition) is 4. The Kier molecular flexibility index (Phi) is 2.92. The van der Waals surface area contributed by atoms with Gasteiger partial charge in [0, 0.05) is 31.1 Å². The van der Waals surface area contributed by atoms with Gasteiger partial charge >= 0.3 is 0 Å². The molecule has 0 saturated heterocycles. The summed E-state index contributed by atoms with van der Waals surface area (Å²) in [6.07, 6.45) is 1.77. The van der Waals surface area contributed by atoms with E-state index in [4.69, 9.17) is 4.74 Å². The predicted molar refractivity (Wildman–Crippen MR) is 65.6 cm³/mol. The van der Waals surface area contributed by atoms with Crippen LogP contribution in [0.4, 0.5) is 5.82 Å². The van der Waals surface area contributed by atoms with Gasteiger partial charge in [0.1, 0.15) is 11.6 Å². The number of anilines is 1. The van der Waals surface area contributed by atoms with Crippen molar-refractivity contribution in [1.82, 2.24) is 9.99 Å². The third kappa shape index (κ3) is 1.92. The van der Waals surface area contributed by atoms with Crippen molar-refractivity contribution >= 4 is 16.6 Å². The van der Waals surface area contributed by atoms with Gasteiger partial charge in [0.15, 0.2) is 0 Å². The number of pyridine rings is 1. The Hall–Kier alpha value is -1.81. The highest BCUT2D eigenvalue weighted by Crippen LogP contribution is 2.28. The molecule has 1 aromatic carbocycles. The van der Waals surface area contributed by atoms with Crippen molar-refractivity contribution in [3.05, 3.63) is 30.5 Å². The summed E-state index contributed by atoms with van der Waals surface area (Å²) in [5.41, 5.74) is 3.17. The zero-order valence-electron chi connectivity index (χ0n) is 9.69. The lowest BCUT2D eigenvalue weighted by Crippen LogP contribution is -2.20. The SMILES string of the molecule is COc1cccc2c(NN(C)C)nccc12. The molecule has 4 nitrogen and oxygen atoms in total. The highest BCUT2D eigenvalue weighted by molar-refractivity contribution is 5.95. The fourth-order valence-corrected chi connectivity index (χ4v) is 1.66. The normalized spacial score (nSPS) is 10.8. The summed E-state index contributed by atoms with van der Waals surface area (Å²) < 4.78 is 5.32. The summed E-state index contributed by atoms with van der Waals surface area (Å²) >= 11 is 0. The van der Waals surface area contributed by atoms with Gasteiger partial charge in [-0.2, -0.15) is 0 Å². The van der Waals surface area contributed by atoms with Crippen LogP contribution in [0.2, 0.25) is 0 Å². The van der Waals surface area contributed by atoms with Gasteiger partial charge in [-0.05, 0) is 12.1 Å². The number of methoxy groups -OCH3 is 1. The molecule has 0 unspecified atom stereocenters. The summed E-state index contributed by atoms with van der Waals surface area (Å²) in [5.74, 6) is 1.70. The first-order valence-electron chi connectivity index (χ1n) is 5.08. The van der Waals surface area contributed by atoms with Crippen molar-refractivity contribution in [2.75, 3.05) is 26.6 Å². The molecule has 2 rings (SSSR count). The van der Waals surface area contributed by atoms with Gasteiger partial charge in [-0.25, -0.2) is 9.99 Å². The quantitative estimate of drug-likeness (QED) is 0.799. The zero-order chi connectivity index (χ0) is 11.5. The maximum absolute atomic E-state index is 5.32. The van der Waals surface area contributed by atoms with Crippen molar-refractivity contribution < 1.29 is 4.74 Å². The number of fused-ring (bicyclic) bond motifs is 1. The van der Waals surface area contributed by atoms with Crippen LogP contribution in [0.25, 0.3) is 10.8 Å². The third-order valence-electron chi connectivity index (χ3n) is 2.32. The number of hydrogen-bond donors (Lipinski definition) is 1. The molecule has 0 fully saturated rings. The molecule has 0 bridgehead atoms. The monoisotopic (exact) mass is 217 g/mol. The number of ether oxygens (including phenoxy) is 1. The molecular formula is C12H15N3O. The van der Waals surface area contributed by atoms with E-state index in [9.17, 15) is 0 Å². The predicted octanol–water partition coefficient (Wildman–Crippen LogP) is 2.13. The summed E-state index contributed by atoms with van der Waals surface area (Å²) in [6, 6.07) is 7.89. The molecule has 0 saturated carbocycles. The second kappa shape index (κ2) is 4.37. The van der Waals surface area contributed by atoms with E-state index in [1.807, 2.05) is 43.4 Å². The standard InChI is InChI=1S/C12H15N3O/c1-15(2)14-12-10-5-4-6-11(16-3)9(10)7-8-13-12/h4-8H,1-3H3,(H,13,14). The molecular weight excluding hydrogens is 202 g/mol. The van der Waals surface area contributed by atoms with Gasteiger partial charge < -0.3 is 10.2 Å². The van der Waals surface area contributed by atoms with Crippen LogP contribution in [0.3, 0.4) is 0 Å². The van der Waals surface area contributed by atoms with Crippen molar-refractivity contribution in [1.29, 1.82) is 0 Å². The number of nitrogens with zero attached hydrogens (tertiary/aromatic N) is 2. The van der Waals surface area contributed by atoms with Crippen molar-refractivity contribution in [2.45, 2.75) is 0 Å². The molecule has 0 aliphatic rings. The van der Waals surface area contributed by atoms with Crippen molar-refractivity contribution in [2.24, 2.45) is 0 Å². The number of nitrogens with one attached hydrogen (secondary N) is 1. The Balaban J connectivity index is 2.59. The molecule has 84 valence electrons. The van der Waals surface area contributed by atoms with Crippen LogP contribution in [-0.4, -0.2) is 31.2 Å². The second-order valence-electron chi connectivity index (χ2n) is 3.72. The van der Waals surface area contributed by atoms with Crippen LogP contribution >= 0.6 is 0 Å². The number of benzene rings is 1. The first kappa shape index (κ1) is 10.7. The van der Waals surface area contributed by atoms with E-state index < -0.39 is 0 Å². The maximum Gasteiger partial charge on any atom is 0.148 e. The maximum atomic E-state index is 5.32. The van der Waals surface area contributed by atoms with E-state index in [1.54, 1.807) is 13.3 Å². The fraction of sp³-hybridized carbons (Fsp3) is 0.250. The van der Waals surface area contributed by atoms with Gasteiger partial charge in [0.2, 0.25) is 0 Å². The smallest absolute Gasteiger partial charge is 0.148 e. The van der Waals surface area contributed by atoms with Crippen LogP contribution < -0.4 is 10.2 Å². The summed E-state index contributed by atoms with van der Waals surface area (Å²) in [5, 5.41) is 3.97. The molecule has 0 amide bonds. The number of aromatic nitrogens is 1. The Morgan fingerprint density at radius 2 is 2.00 bits per heavy atom. The minimum atomic E-state index is 0.835. The summed E-state index contributed by atoms with van der Waals surface area (Å²) in [4.78, 5) is 4.31. The largest absolute Gasteiger partial charge is 0.496 e. The Morgan fingerprint density at radius 3 is 2.69 bits per heavy atom. The van der Waals surface area contributed by atoms with Crippen LogP contribution in [0.5, 0.6) is 5.75 Å². The average Bonchev–Trinajstić information content (AvgIpc) is 2.28. The lowest BCUT2D eigenvalue weighted by atomic mass is 10.1. The van der Waals surface area contributed by atoms with E-state index in [1.165, 1.54) is 0 Å². The minimum Gasteiger partial charge on any atom is -0.496 e. The van der Waals surface area contributed by atoms with Gasteiger partial charge in [0.25, 0.3) is 0 Å². The zero-order valence-corrected chi connectivity index (χ0v) is 9.69. The van der Waals surface area contributed by atoms with E-state index in [2.05, 4.69) is 10.4 Å². The molecule has 0 spiro atoms. The highest BCUT2D eigenvalue weighted by Gasteiger charge is 2.06. The summed E-state index contributed by atoms with van der Waals surface area (Å²) in [7, 11) is 5.54. The van der Waals surface area contributed by atoms with Crippen molar-refractivity contribution in [3.63, 3.8) is 0 Å². The van der Waals surface area contributed by atoms with E-state index in [-0.39, 0.29) is 0 Å². The number of rotatable bonds is 3. The Bertz CT molecular complexity index is 497. The third-order valence-corrected chi connectivity index (χ3v) is 2.32. The Morgan fingerprint density at radius 1 is 1.19 bits per heavy atom. The molecule has 0 aliphatic carbocycles. The topological polar surface area (TPSA) is 37.4 Å². The van der Waals surface area contributed by atoms with Crippen LogP contribution in [-0.2, 0) is 0 Å². The van der Waals surface area contributed by atoms with Crippen LogP contribution in [0.1, 0.15) is 0 Å². The van der Waals surface area contributed by atoms with Gasteiger partial charge in [-0.15, -0.1) is 0 Å². The van der Waals surface area contributed by atoms with Crippen LogP contribution in [0, 0.1) is 0 Å². The second-order valence-corrected chi connectivity index (χ2v) is 3.72. The molecule has 0 atom stereocenters. The Labute approximate surface area is 94.8 Å². The fourth-order valence-electron chi connectivity index (χ4n) is 1.66. The van der Waals surface area contributed by atoms with Gasteiger partial charge in [-0.1, -0.05) is 12.1 Å². The molecule has 0 radical (unpaired) electrons. The molecule has 2 aromatic rings. The lowest BCUT2D eigenvalue weighted by Gasteiger charge is -2.15. The number of hydrazine groups is 1. The molecule has 16 heavy (non-hydrogen) atoms. The molecule has 1 N–H and O–H groups in total.